The zero-order chi connectivity index (χ0) is 16.0. The Labute approximate surface area is 132 Å². The highest BCUT2D eigenvalue weighted by Crippen LogP contribution is 1.98. The number of ether oxygens (including phenoxy) is 1. The lowest BCUT2D eigenvalue weighted by atomic mass is 10.1. The molecule has 0 spiro atoms. The van der Waals surface area contributed by atoms with E-state index in [1.807, 2.05) is 48.5 Å². The maximum Gasteiger partial charge on any atom is 0.406 e. The van der Waals surface area contributed by atoms with Crippen molar-refractivity contribution >= 4 is 6.09 Å². The predicted molar refractivity (Wildman–Crippen MR) is 89.8 cm³/mol. The van der Waals surface area contributed by atoms with Gasteiger partial charge in [0.1, 0.15) is 0 Å². The van der Waals surface area contributed by atoms with E-state index in [0.29, 0.717) is 6.54 Å². The molecule has 0 aliphatic heterocycles. The third kappa shape index (κ3) is 8.07. The normalized spacial score (nSPS) is 9.36. The fourth-order valence-corrected chi connectivity index (χ4v) is 1.84. The maximum absolute atomic E-state index is 10.7. The summed E-state index contributed by atoms with van der Waals surface area (Å²) >= 11 is 0. The quantitative estimate of drug-likeness (QED) is 0.892. The highest BCUT2D eigenvalue weighted by atomic mass is 16.5. The molecule has 0 unspecified atom stereocenters. The Hall–Kier alpha value is -2.33. The van der Waals surface area contributed by atoms with Gasteiger partial charge in [0.05, 0.1) is 7.11 Å². The second-order valence-electron chi connectivity index (χ2n) is 4.68. The van der Waals surface area contributed by atoms with Gasteiger partial charge in [0.15, 0.2) is 0 Å². The summed E-state index contributed by atoms with van der Waals surface area (Å²) in [4.78, 5) is 10.7. The molecular weight excluding hydrogens is 276 g/mol. The molecular formula is C18H24N2O2. The first-order valence-electron chi connectivity index (χ1n) is 7.36. The molecule has 0 atom stereocenters. The van der Waals surface area contributed by atoms with Crippen molar-refractivity contribution in [3.05, 3.63) is 71.8 Å². The highest BCUT2D eigenvalue weighted by Gasteiger charge is 1.96. The van der Waals surface area contributed by atoms with E-state index in [0.717, 1.165) is 19.4 Å². The van der Waals surface area contributed by atoms with E-state index in [1.54, 1.807) is 0 Å². The lowest BCUT2D eigenvalue weighted by Gasteiger charge is -2.02. The summed E-state index contributed by atoms with van der Waals surface area (Å²) in [6, 6.07) is 20.2. The van der Waals surface area contributed by atoms with Crippen LogP contribution in [-0.2, 0) is 17.6 Å². The van der Waals surface area contributed by atoms with E-state index < -0.39 is 0 Å². The number of hydrogen-bond donors (Lipinski definition) is 2. The summed E-state index contributed by atoms with van der Waals surface area (Å²) in [5.74, 6) is 0. The fourth-order valence-electron chi connectivity index (χ4n) is 1.84. The van der Waals surface area contributed by atoms with Crippen molar-refractivity contribution in [2.45, 2.75) is 12.8 Å². The van der Waals surface area contributed by atoms with Crippen LogP contribution in [0, 0.1) is 0 Å². The molecule has 2 aromatic carbocycles. The third-order valence-corrected chi connectivity index (χ3v) is 2.99. The first kappa shape index (κ1) is 17.7. The molecule has 22 heavy (non-hydrogen) atoms. The minimum atomic E-state index is -0.379. The first-order chi connectivity index (χ1) is 10.8. The molecule has 0 aliphatic carbocycles. The van der Waals surface area contributed by atoms with Gasteiger partial charge in [-0.1, -0.05) is 60.7 Å². The number of nitrogens with two attached hydrogens (primary N) is 1. The summed E-state index contributed by atoms with van der Waals surface area (Å²) < 4.78 is 4.44. The van der Waals surface area contributed by atoms with Crippen molar-refractivity contribution < 1.29 is 9.53 Å². The topological polar surface area (TPSA) is 64.3 Å². The molecule has 0 fully saturated rings. The molecule has 0 aromatic heterocycles. The van der Waals surface area contributed by atoms with Gasteiger partial charge in [-0.05, 0) is 30.5 Å². The molecule has 1 amide bonds. The average molecular weight is 300 g/mol. The molecule has 0 bridgehead atoms. The van der Waals surface area contributed by atoms with Crippen LogP contribution in [0.1, 0.15) is 11.1 Å². The van der Waals surface area contributed by atoms with Crippen LogP contribution in [0.2, 0.25) is 0 Å². The first-order valence-corrected chi connectivity index (χ1v) is 7.36. The van der Waals surface area contributed by atoms with E-state index in [9.17, 15) is 4.79 Å². The van der Waals surface area contributed by atoms with Gasteiger partial charge in [0, 0.05) is 6.54 Å². The molecule has 0 radical (unpaired) electrons. The van der Waals surface area contributed by atoms with Crippen LogP contribution in [0.15, 0.2) is 60.7 Å². The van der Waals surface area contributed by atoms with Gasteiger partial charge >= 0.3 is 6.09 Å². The Kier molecular flexibility index (Phi) is 9.14. The second kappa shape index (κ2) is 11.3. The van der Waals surface area contributed by atoms with E-state index in [4.69, 9.17) is 5.73 Å². The van der Waals surface area contributed by atoms with Gasteiger partial charge in [-0.2, -0.15) is 0 Å². The Morgan fingerprint density at radius 2 is 1.45 bits per heavy atom. The molecule has 0 saturated carbocycles. The van der Waals surface area contributed by atoms with E-state index in [-0.39, 0.29) is 6.09 Å². The van der Waals surface area contributed by atoms with Crippen LogP contribution in [0.3, 0.4) is 0 Å². The van der Waals surface area contributed by atoms with Gasteiger partial charge in [0.25, 0.3) is 0 Å². The van der Waals surface area contributed by atoms with Crippen molar-refractivity contribution in [2.75, 3.05) is 20.2 Å². The molecule has 118 valence electrons. The summed E-state index contributed by atoms with van der Waals surface area (Å²) in [5.41, 5.74) is 7.89. The molecule has 4 heteroatoms. The van der Waals surface area contributed by atoms with Crippen LogP contribution < -0.4 is 11.1 Å². The zero-order valence-electron chi connectivity index (χ0n) is 13.0. The lowest BCUT2D eigenvalue weighted by molar-refractivity contribution is 0.171. The Morgan fingerprint density at radius 3 is 1.91 bits per heavy atom. The number of methoxy groups -OCH3 is 1. The summed E-state index contributed by atoms with van der Waals surface area (Å²) in [7, 11) is 1.36. The van der Waals surface area contributed by atoms with Gasteiger partial charge < -0.3 is 15.8 Å². The summed E-state index contributed by atoms with van der Waals surface area (Å²) in [5, 5.41) is 2.62. The number of alkyl carbamates (subject to hydrolysis) is 1. The highest BCUT2D eigenvalue weighted by molar-refractivity contribution is 5.66. The van der Waals surface area contributed by atoms with Gasteiger partial charge in [0.2, 0.25) is 0 Å². The van der Waals surface area contributed by atoms with E-state index in [1.165, 1.54) is 18.2 Å². The van der Waals surface area contributed by atoms with Crippen molar-refractivity contribution in [3.8, 4) is 0 Å². The summed E-state index contributed by atoms with van der Waals surface area (Å²) in [6.45, 7) is 1.35. The van der Waals surface area contributed by atoms with Crippen LogP contribution in [0.25, 0.3) is 0 Å². The number of carbonyl (C=O) groups excluding carboxylic acids is 1. The van der Waals surface area contributed by atoms with Crippen LogP contribution in [0.5, 0.6) is 0 Å². The number of nitrogens with one attached hydrogen (secondary N) is 1. The molecule has 0 heterocycles. The Balaban J connectivity index is 0.000000235. The van der Waals surface area contributed by atoms with E-state index >= 15 is 0 Å². The number of rotatable bonds is 5. The Bertz CT molecular complexity index is 515. The monoisotopic (exact) mass is 300 g/mol. The van der Waals surface area contributed by atoms with Crippen LogP contribution >= 0.6 is 0 Å². The predicted octanol–water partition coefficient (Wildman–Crippen LogP) is 2.77. The van der Waals surface area contributed by atoms with Crippen molar-refractivity contribution in [1.82, 2.24) is 5.32 Å². The number of carbonyl (C=O) groups is 1. The molecule has 3 N–H and O–H groups in total. The van der Waals surface area contributed by atoms with Gasteiger partial charge in [-0.25, -0.2) is 4.79 Å². The van der Waals surface area contributed by atoms with Gasteiger partial charge in [-0.15, -0.1) is 0 Å². The second-order valence-corrected chi connectivity index (χ2v) is 4.68. The molecule has 2 rings (SSSR count). The standard InChI is InChI=1S/C10H13NO2.C8H11N/c1-13-10(12)11-8-7-9-5-3-2-4-6-9;9-7-6-8-4-2-1-3-5-8/h2-6H,7-8H2,1H3,(H,11,12);1-5H,6-7,9H2. The molecule has 4 nitrogen and oxygen atoms in total. The van der Waals surface area contributed by atoms with Crippen LogP contribution in [-0.4, -0.2) is 26.3 Å². The minimum Gasteiger partial charge on any atom is -0.453 e. The van der Waals surface area contributed by atoms with Crippen LogP contribution in [0.4, 0.5) is 4.79 Å². The average Bonchev–Trinajstić information content (AvgIpc) is 2.57. The van der Waals surface area contributed by atoms with Crippen molar-refractivity contribution in [2.24, 2.45) is 5.73 Å². The SMILES string of the molecule is COC(=O)NCCc1ccccc1.NCCc1ccccc1. The van der Waals surface area contributed by atoms with E-state index in [2.05, 4.69) is 22.2 Å². The minimum absolute atomic E-state index is 0.379. The largest absolute Gasteiger partial charge is 0.453 e. The van der Waals surface area contributed by atoms with Crippen molar-refractivity contribution in [1.29, 1.82) is 0 Å². The van der Waals surface area contributed by atoms with Crippen molar-refractivity contribution in [3.63, 3.8) is 0 Å². The van der Waals surface area contributed by atoms with Gasteiger partial charge in [-0.3, -0.25) is 0 Å². The molecule has 0 aliphatic rings. The lowest BCUT2D eigenvalue weighted by Crippen LogP contribution is -2.25. The number of hydrogen-bond acceptors (Lipinski definition) is 3. The smallest absolute Gasteiger partial charge is 0.406 e. The third-order valence-electron chi connectivity index (χ3n) is 2.99. The Morgan fingerprint density at radius 1 is 0.955 bits per heavy atom. The fraction of sp³-hybridized carbons (Fsp3) is 0.278. The summed E-state index contributed by atoms with van der Waals surface area (Å²) in [6.07, 6.45) is 1.44. The maximum atomic E-state index is 10.7. The number of amides is 1. The zero-order valence-corrected chi connectivity index (χ0v) is 13.0. The molecule has 0 saturated heterocycles. The molecule has 2 aromatic rings. The number of benzene rings is 2.